The predicted octanol–water partition coefficient (Wildman–Crippen LogP) is 4.86. The van der Waals surface area contributed by atoms with Crippen molar-refractivity contribution >= 4 is 11.6 Å². The number of halogens is 2. The molecule has 1 atom stereocenters. The maximum atomic E-state index is 13.8. The van der Waals surface area contributed by atoms with E-state index in [0.717, 1.165) is 5.56 Å². The molecule has 0 radical (unpaired) electrons. The van der Waals surface area contributed by atoms with Crippen molar-refractivity contribution in [3.63, 3.8) is 0 Å². The van der Waals surface area contributed by atoms with E-state index in [2.05, 4.69) is 20.8 Å². The lowest BCUT2D eigenvalue weighted by Crippen LogP contribution is -2.11. The molecule has 0 spiro atoms. The zero-order chi connectivity index (χ0) is 14.9. The Hall–Kier alpha value is -1.38. The van der Waals surface area contributed by atoms with Crippen molar-refractivity contribution in [2.45, 2.75) is 32.3 Å². The molecular formula is C17H18ClFO. The van der Waals surface area contributed by atoms with Crippen molar-refractivity contribution in [1.82, 2.24) is 0 Å². The topological polar surface area (TPSA) is 20.2 Å². The third-order valence-corrected chi connectivity index (χ3v) is 3.70. The summed E-state index contributed by atoms with van der Waals surface area (Å²) in [6.45, 7) is 6.35. The number of aliphatic hydroxyl groups excluding tert-OH is 1. The van der Waals surface area contributed by atoms with E-state index >= 15 is 0 Å². The molecule has 106 valence electrons. The molecule has 3 heteroatoms. The Bertz CT molecular complexity index is 579. The monoisotopic (exact) mass is 292 g/mol. The third-order valence-electron chi connectivity index (χ3n) is 3.37. The lowest BCUT2D eigenvalue weighted by atomic mass is 9.86. The van der Waals surface area contributed by atoms with Crippen molar-refractivity contribution in [1.29, 1.82) is 0 Å². The first-order valence-electron chi connectivity index (χ1n) is 6.53. The highest BCUT2D eigenvalue weighted by atomic mass is 35.5. The molecule has 2 aromatic rings. The fourth-order valence-corrected chi connectivity index (χ4v) is 2.37. The van der Waals surface area contributed by atoms with Gasteiger partial charge in [-0.05, 0) is 28.7 Å². The lowest BCUT2D eigenvalue weighted by molar-refractivity contribution is 0.215. The summed E-state index contributed by atoms with van der Waals surface area (Å²) in [5, 5.41) is 10.6. The molecular weight excluding hydrogens is 275 g/mol. The van der Waals surface area contributed by atoms with Crippen LogP contribution in [0.25, 0.3) is 0 Å². The van der Waals surface area contributed by atoms with Gasteiger partial charge in [0, 0.05) is 10.6 Å². The standard InChI is InChI=1S/C17H18ClFO/c1-17(2,3)12-9-7-11(8-10-12)16(20)15-13(18)5-4-6-14(15)19/h4-10,16,20H,1-3H3. The molecule has 1 unspecified atom stereocenters. The second kappa shape index (κ2) is 5.55. The van der Waals surface area contributed by atoms with Crippen LogP contribution in [-0.2, 0) is 5.41 Å². The van der Waals surface area contributed by atoms with Gasteiger partial charge in [0.05, 0.1) is 0 Å². The van der Waals surface area contributed by atoms with Crippen LogP contribution in [0.5, 0.6) is 0 Å². The molecule has 0 aliphatic heterocycles. The molecule has 1 nitrogen and oxygen atoms in total. The summed E-state index contributed by atoms with van der Waals surface area (Å²) in [6, 6.07) is 11.9. The van der Waals surface area contributed by atoms with Crippen molar-refractivity contribution in [2.75, 3.05) is 0 Å². The minimum Gasteiger partial charge on any atom is -0.383 e. The third kappa shape index (κ3) is 3.02. The highest BCUT2D eigenvalue weighted by molar-refractivity contribution is 6.31. The Morgan fingerprint density at radius 1 is 1.05 bits per heavy atom. The second-order valence-electron chi connectivity index (χ2n) is 5.91. The second-order valence-corrected chi connectivity index (χ2v) is 6.32. The van der Waals surface area contributed by atoms with E-state index in [1.54, 1.807) is 6.07 Å². The van der Waals surface area contributed by atoms with Gasteiger partial charge in [0.25, 0.3) is 0 Å². The Balaban J connectivity index is 2.37. The summed E-state index contributed by atoms with van der Waals surface area (Å²) in [6.07, 6.45) is -1.06. The lowest BCUT2D eigenvalue weighted by Gasteiger charge is -2.20. The van der Waals surface area contributed by atoms with Crippen LogP contribution >= 0.6 is 11.6 Å². The van der Waals surface area contributed by atoms with Crippen LogP contribution in [0.1, 0.15) is 43.6 Å². The zero-order valence-corrected chi connectivity index (χ0v) is 12.6. The van der Waals surface area contributed by atoms with Gasteiger partial charge in [-0.15, -0.1) is 0 Å². The Morgan fingerprint density at radius 3 is 2.15 bits per heavy atom. The smallest absolute Gasteiger partial charge is 0.130 e. The zero-order valence-electron chi connectivity index (χ0n) is 11.8. The quantitative estimate of drug-likeness (QED) is 0.838. The molecule has 0 heterocycles. The van der Waals surface area contributed by atoms with Crippen molar-refractivity contribution in [3.8, 4) is 0 Å². The van der Waals surface area contributed by atoms with Gasteiger partial charge in [0.1, 0.15) is 11.9 Å². The summed E-state index contributed by atoms with van der Waals surface area (Å²) >= 11 is 5.98. The van der Waals surface area contributed by atoms with Gasteiger partial charge in [0.15, 0.2) is 0 Å². The van der Waals surface area contributed by atoms with Gasteiger partial charge in [-0.2, -0.15) is 0 Å². The van der Waals surface area contributed by atoms with E-state index < -0.39 is 11.9 Å². The molecule has 0 aliphatic carbocycles. The number of hydrogen-bond donors (Lipinski definition) is 1. The van der Waals surface area contributed by atoms with E-state index in [0.29, 0.717) is 5.56 Å². The van der Waals surface area contributed by atoms with Crippen molar-refractivity contribution < 1.29 is 9.50 Å². The minimum atomic E-state index is -1.06. The van der Waals surface area contributed by atoms with Crippen LogP contribution < -0.4 is 0 Å². The van der Waals surface area contributed by atoms with E-state index in [1.807, 2.05) is 24.3 Å². The average Bonchev–Trinajstić information content (AvgIpc) is 2.37. The molecule has 0 bridgehead atoms. The van der Waals surface area contributed by atoms with Crippen molar-refractivity contribution in [2.24, 2.45) is 0 Å². The maximum absolute atomic E-state index is 13.8. The van der Waals surface area contributed by atoms with Gasteiger partial charge >= 0.3 is 0 Å². The van der Waals surface area contributed by atoms with Crippen LogP contribution in [0.15, 0.2) is 42.5 Å². The molecule has 2 aromatic carbocycles. The van der Waals surface area contributed by atoms with Crippen molar-refractivity contribution in [3.05, 3.63) is 70.0 Å². The minimum absolute atomic E-state index is 0.0408. The highest BCUT2D eigenvalue weighted by Gasteiger charge is 2.19. The van der Waals surface area contributed by atoms with E-state index in [1.165, 1.54) is 12.1 Å². The first-order valence-corrected chi connectivity index (χ1v) is 6.91. The molecule has 0 saturated carbocycles. The largest absolute Gasteiger partial charge is 0.383 e. The molecule has 0 aromatic heterocycles. The number of hydrogen-bond acceptors (Lipinski definition) is 1. The Labute approximate surface area is 124 Å². The number of aliphatic hydroxyl groups is 1. The molecule has 0 amide bonds. The van der Waals surface area contributed by atoms with Gasteiger partial charge in [-0.1, -0.05) is 62.7 Å². The predicted molar refractivity (Wildman–Crippen MR) is 80.6 cm³/mol. The molecule has 20 heavy (non-hydrogen) atoms. The maximum Gasteiger partial charge on any atom is 0.130 e. The van der Waals surface area contributed by atoms with Crippen LogP contribution in [0, 0.1) is 5.82 Å². The Kier molecular flexibility index (Phi) is 4.17. The SMILES string of the molecule is CC(C)(C)c1ccc(C(O)c2c(F)cccc2Cl)cc1. The summed E-state index contributed by atoms with van der Waals surface area (Å²) in [7, 11) is 0. The van der Waals surface area contributed by atoms with Crippen LogP contribution in [0.2, 0.25) is 5.02 Å². The summed E-state index contributed by atoms with van der Waals surface area (Å²) in [5.41, 5.74) is 1.95. The summed E-state index contributed by atoms with van der Waals surface area (Å²) < 4.78 is 13.8. The molecule has 0 saturated heterocycles. The highest BCUT2D eigenvalue weighted by Crippen LogP contribution is 2.31. The van der Waals surface area contributed by atoms with Crippen LogP contribution in [0.4, 0.5) is 4.39 Å². The fraction of sp³-hybridized carbons (Fsp3) is 0.294. The van der Waals surface area contributed by atoms with Gasteiger partial charge in [-0.3, -0.25) is 0 Å². The van der Waals surface area contributed by atoms with E-state index in [-0.39, 0.29) is 16.0 Å². The van der Waals surface area contributed by atoms with Crippen LogP contribution in [0.3, 0.4) is 0 Å². The average molecular weight is 293 g/mol. The Morgan fingerprint density at radius 2 is 1.65 bits per heavy atom. The number of benzene rings is 2. The molecule has 0 aliphatic rings. The normalized spacial score (nSPS) is 13.3. The summed E-state index contributed by atoms with van der Waals surface area (Å²) in [5.74, 6) is -0.495. The fourth-order valence-electron chi connectivity index (χ4n) is 2.10. The number of rotatable bonds is 2. The van der Waals surface area contributed by atoms with E-state index in [4.69, 9.17) is 11.6 Å². The first-order chi connectivity index (χ1) is 9.30. The first kappa shape index (κ1) is 15.0. The molecule has 0 fully saturated rings. The van der Waals surface area contributed by atoms with Gasteiger partial charge in [-0.25, -0.2) is 4.39 Å². The molecule has 2 rings (SSSR count). The molecule has 1 N–H and O–H groups in total. The van der Waals surface area contributed by atoms with Crippen LogP contribution in [-0.4, -0.2) is 5.11 Å². The van der Waals surface area contributed by atoms with Gasteiger partial charge < -0.3 is 5.11 Å². The summed E-state index contributed by atoms with van der Waals surface area (Å²) in [4.78, 5) is 0. The van der Waals surface area contributed by atoms with Gasteiger partial charge in [0.2, 0.25) is 0 Å². The van der Waals surface area contributed by atoms with E-state index in [9.17, 15) is 9.50 Å².